The van der Waals surface area contributed by atoms with Gasteiger partial charge in [0.25, 0.3) is 5.91 Å². The van der Waals surface area contributed by atoms with E-state index in [-0.39, 0.29) is 23.4 Å². The number of carbonyl (C=O) groups excluding carboxylic acids is 1. The maximum Gasteiger partial charge on any atom is 0.276 e. The van der Waals surface area contributed by atoms with Gasteiger partial charge in [0.05, 0.1) is 18.3 Å². The summed E-state index contributed by atoms with van der Waals surface area (Å²) in [6, 6.07) is 9.82. The smallest absolute Gasteiger partial charge is 0.276 e. The number of aryl methyl sites for hydroxylation is 1. The van der Waals surface area contributed by atoms with E-state index in [1.807, 2.05) is 0 Å². The van der Waals surface area contributed by atoms with Gasteiger partial charge in [-0.05, 0) is 60.7 Å². The van der Waals surface area contributed by atoms with Crippen molar-refractivity contribution >= 4 is 5.91 Å². The zero-order valence-electron chi connectivity index (χ0n) is 17.3. The first-order valence-corrected chi connectivity index (χ1v) is 10.5. The van der Waals surface area contributed by atoms with Gasteiger partial charge >= 0.3 is 0 Å². The lowest BCUT2D eigenvalue weighted by molar-refractivity contribution is 0.0565. The first-order chi connectivity index (χ1) is 15.4. The fourth-order valence-corrected chi connectivity index (χ4v) is 5.17. The Morgan fingerprint density at radius 2 is 1.81 bits per heavy atom. The molecular weight excluding hydrogens is 416 g/mol. The lowest BCUT2D eigenvalue weighted by Gasteiger charge is -2.43. The van der Waals surface area contributed by atoms with E-state index < -0.39 is 29.0 Å². The third-order valence-electron chi connectivity index (χ3n) is 6.56. The van der Waals surface area contributed by atoms with Crippen molar-refractivity contribution in [1.29, 1.82) is 0 Å². The molecule has 0 spiro atoms. The Labute approximate surface area is 182 Å². The molecule has 2 aliphatic heterocycles. The molecule has 0 bridgehead atoms. The predicted octanol–water partition coefficient (Wildman–Crippen LogP) is 3.53. The van der Waals surface area contributed by atoms with Crippen molar-refractivity contribution in [2.45, 2.75) is 37.8 Å². The van der Waals surface area contributed by atoms with Gasteiger partial charge in [-0.3, -0.25) is 14.3 Å². The topological polar surface area (TPSA) is 75.4 Å². The van der Waals surface area contributed by atoms with Crippen molar-refractivity contribution in [2.75, 3.05) is 6.54 Å². The minimum absolute atomic E-state index is 0.146. The van der Waals surface area contributed by atoms with Crippen LogP contribution in [0.4, 0.5) is 8.78 Å². The van der Waals surface area contributed by atoms with E-state index in [4.69, 9.17) is 0 Å². The van der Waals surface area contributed by atoms with E-state index in [9.17, 15) is 23.5 Å². The third kappa shape index (κ3) is 3.09. The summed E-state index contributed by atoms with van der Waals surface area (Å²) in [7, 11) is 0. The van der Waals surface area contributed by atoms with E-state index in [0.717, 1.165) is 23.7 Å². The van der Waals surface area contributed by atoms with E-state index in [0.29, 0.717) is 18.5 Å². The molecule has 1 fully saturated rings. The van der Waals surface area contributed by atoms with Crippen LogP contribution in [0.15, 0.2) is 53.5 Å². The van der Waals surface area contributed by atoms with Gasteiger partial charge in [0.15, 0.2) is 11.4 Å². The number of amides is 1. The second-order valence-electron chi connectivity index (χ2n) is 8.38. The summed E-state index contributed by atoms with van der Waals surface area (Å²) in [6.07, 6.45) is 2.48. The van der Waals surface area contributed by atoms with Crippen LogP contribution in [0, 0.1) is 18.6 Å². The van der Waals surface area contributed by atoms with Crippen LogP contribution in [0.3, 0.4) is 0 Å². The van der Waals surface area contributed by atoms with Crippen molar-refractivity contribution in [2.24, 2.45) is 0 Å². The molecule has 2 aliphatic rings. The Kier molecular flexibility index (Phi) is 4.80. The number of aromatic hydroxyl groups is 1. The Morgan fingerprint density at radius 3 is 2.53 bits per heavy atom. The fourth-order valence-electron chi connectivity index (χ4n) is 5.17. The second kappa shape index (κ2) is 7.55. The average molecular weight is 437 g/mol. The molecule has 1 amide bonds. The van der Waals surface area contributed by atoms with E-state index in [1.54, 1.807) is 30.0 Å². The molecule has 0 radical (unpaired) electrons. The molecule has 5 rings (SSSR count). The molecule has 0 aliphatic carbocycles. The fraction of sp³-hybridized carbons (Fsp3) is 0.292. The molecule has 3 heterocycles. The number of fused-ring (bicyclic) bond motifs is 2. The minimum Gasteiger partial charge on any atom is -0.502 e. The summed E-state index contributed by atoms with van der Waals surface area (Å²) in [5.41, 5.74) is 1.39. The number of halogens is 2. The highest BCUT2D eigenvalue weighted by atomic mass is 19.1. The van der Waals surface area contributed by atoms with Crippen molar-refractivity contribution in [1.82, 2.24) is 14.7 Å². The molecule has 0 saturated carbocycles. The number of benzene rings is 2. The highest BCUT2D eigenvalue weighted by molar-refractivity contribution is 5.96. The third-order valence-corrected chi connectivity index (χ3v) is 6.56. The van der Waals surface area contributed by atoms with Gasteiger partial charge < -0.3 is 10.0 Å². The molecule has 2 aromatic carbocycles. The standard InChI is InChI=1S/C24H21F2N3O3/c1-13-11-16(26)8-9-17(13)20(14-4-6-15(25)7-5-14)21-18-3-2-10-28(18)24(32)22-23(31)19(30)12-27-29(21)22/h4-9,11-12,18,20-21,31H,2-3,10H2,1H3/t18?,20-,21?/m1/s1. The van der Waals surface area contributed by atoms with Gasteiger partial charge in [-0.1, -0.05) is 18.2 Å². The minimum atomic E-state index is -0.725. The molecule has 1 N–H and O–H groups in total. The van der Waals surface area contributed by atoms with Crippen LogP contribution in [0.2, 0.25) is 0 Å². The van der Waals surface area contributed by atoms with Gasteiger partial charge in [-0.2, -0.15) is 5.10 Å². The second-order valence-corrected chi connectivity index (χ2v) is 8.38. The molecular formula is C24H21F2N3O3. The van der Waals surface area contributed by atoms with Gasteiger partial charge in [0.1, 0.15) is 11.6 Å². The highest BCUT2D eigenvalue weighted by Gasteiger charge is 2.48. The zero-order valence-corrected chi connectivity index (χ0v) is 17.3. The molecule has 32 heavy (non-hydrogen) atoms. The zero-order chi connectivity index (χ0) is 22.6. The summed E-state index contributed by atoms with van der Waals surface area (Å²) < 4.78 is 29.1. The van der Waals surface area contributed by atoms with Crippen molar-refractivity contribution in [3.05, 3.63) is 92.9 Å². The summed E-state index contributed by atoms with van der Waals surface area (Å²) in [5.74, 6) is -2.24. The number of nitrogens with zero attached hydrogens (tertiary/aromatic N) is 3. The summed E-state index contributed by atoms with van der Waals surface area (Å²) in [5, 5.41) is 14.7. The Bertz CT molecular complexity index is 1270. The summed E-state index contributed by atoms with van der Waals surface area (Å²) >= 11 is 0. The maximum absolute atomic E-state index is 13.9. The van der Waals surface area contributed by atoms with Gasteiger partial charge in [-0.15, -0.1) is 0 Å². The highest BCUT2D eigenvalue weighted by Crippen LogP contribution is 2.46. The number of carbonyl (C=O) groups is 1. The quantitative estimate of drug-likeness (QED) is 0.680. The molecule has 3 aromatic rings. The Morgan fingerprint density at radius 1 is 1.09 bits per heavy atom. The normalized spacial score (nSPS) is 20.7. The lowest BCUT2D eigenvalue weighted by atomic mass is 9.78. The van der Waals surface area contributed by atoms with E-state index >= 15 is 0 Å². The predicted molar refractivity (Wildman–Crippen MR) is 113 cm³/mol. The monoisotopic (exact) mass is 437 g/mol. The molecule has 164 valence electrons. The largest absolute Gasteiger partial charge is 0.502 e. The van der Waals surface area contributed by atoms with Gasteiger partial charge in [0.2, 0.25) is 5.43 Å². The van der Waals surface area contributed by atoms with Crippen LogP contribution in [-0.4, -0.2) is 38.3 Å². The summed E-state index contributed by atoms with van der Waals surface area (Å²) in [4.78, 5) is 26.9. The van der Waals surface area contributed by atoms with Crippen LogP contribution in [0.5, 0.6) is 5.75 Å². The van der Waals surface area contributed by atoms with Crippen LogP contribution in [-0.2, 0) is 0 Å². The Balaban J connectivity index is 1.79. The molecule has 6 nitrogen and oxygen atoms in total. The Hall–Kier alpha value is -3.55. The number of hydrogen-bond acceptors (Lipinski definition) is 4. The number of hydrogen-bond donors (Lipinski definition) is 1. The first-order valence-electron chi connectivity index (χ1n) is 10.5. The SMILES string of the molecule is Cc1cc(F)ccc1[C@@H](c1ccc(F)cc1)C1C2CCCN2C(=O)c2c(O)c(=O)cnn21. The van der Waals surface area contributed by atoms with Crippen molar-refractivity contribution < 1.29 is 18.7 Å². The number of aromatic nitrogens is 2. The van der Waals surface area contributed by atoms with Crippen LogP contribution >= 0.6 is 0 Å². The van der Waals surface area contributed by atoms with Crippen LogP contribution in [0.1, 0.15) is 52.0 Å². The van der Waals surface area contributed by atoms with E-state index in [1.165, 1.54) is 28.9 Å². The molecule has 1 saturated heterocycles. The van der Waals surface area contributed by atoms with Crippen molar-refractivity contribution in [3.8, 4) is 5.75 Å². The van der Waals surface area contributed by atoms with Crippen LogP contribution < -0.4 is 5.43 Å². The first kappa shape index (κ1) is 20.4. The molecule has 2 unspecified atom stereocenters. The molecule has 3 atom stereocenters. The molecule has 1 aromatic heterocycles. The van der Waals surface area contributed by atoms with Crippen molar-refractivity contribution in [3.63, 3.8) is 0 Å². The lowest BCUT2D eigenvalue weighted by Crippen LogP contribution is -2.51. The average Bonchev–Trinajstić information content (AvgIpc) is 3.25. The number of rotatable bonds is 3. The maximum atomic E-state index is 13.9. The van der Waals surface area contributed by atoms with Gasteiger partial charge in [0, 0.05) is 12.5 Å². The van der Waals surface area contributed by atoms with E-state index in [2.05, 4.69) is 5.10 Å². The molecule has 8 heteroatoms. The summed E-state index contributed by atoms with van der Waals surface area (Å²) in [6.45, 7) is 2.30. The van der Waals surface area contributed by atoms with Crippen LogP contribution in [0.25, 0.3) is 0 Å². The van der Waals surface area contributed by atoms with Gasteiger partial charge in [-0.25, -0.2) is 8.78 Å².